The van der Waals surface area contributed by atoms with Crippen molar-refractivity contribution < 1.29 is 22.7 Å². The van der Waals surface area contributed by atoms with Gasteiger partial charge in [0, 0.05) is 55.7 Å². The second-order valence-corrected chi connectivity index (χ2v) is 10.1. The number of halogens is 3. The number of anilines is 1. The van der Waals surface area contributed by atoms with Gasteiger partial charge in [0.15, 0.2) is 0 Å². The quantitative estimate of drug-likeness (QED) is 0.281. The number of piperazine rings is 1. The Labute approximate surface area is 221 Å². The van der Waals surface area contributed by atoms with Gasteiger partial charge in [-0.3, -0.25) is 23.6 Å². The molecule has 1 saturated heterocycles. The van der Waals surface area contributed by atoms with Crippen molar-refractivity contribution in [3.63, 3.8) is 0 Å². The molecule has 0 atom stereocenters. The summed E-state index contributed by atoms with van der Waals surface area (Å²) >= 11 is 1.34. The SMILES string of the molecule is COC(=O)CCn1c(=O)n(CCCCCN2CCN(c3cccc(C(F)(F)F)c3)CC2)c(=O)c2cscc21. The summed E-state index contributed by atoms with van der Waals surface area (Å²) in [6, 6.07) is 5.45. The van der Waals surface area contributed by atoms with Crippen LogP contribution in [0.5, 0.6) is 0 Å². The minimum absolute atomic E-state index is 0.0422. The highest BCUT2D eigenvalue weighted by Gasteiger charge is 2.31. The number of thiophene rings is 1. The molecule has 0 radical (unpaired) electrons. The molecule has 0 unspecified atom stereocenters. The number of aryl methyl sites for hydroxylation is 1. The Morgan fingerprint density at radius 3 is 2.42 bits per heavy atom. The number of carbonyl (C=O) groups excluding carboxylic acids is 1. The number of unbranched alkanes of at least 4 members (excludes halogenated alkanes) is 2. The molecular formula is C26H31F3N4O4S. The van der Waals surface area contributed by atoms with Crippen molar-refractivity contribution in [2.75, 3.05) is 44.7 Å². The average Bonchev–Trinajstić information content (AvgIpc) is 3.40. The van der Waals surface area contributed by atoms with Gasteiger partial charge in [-0.2, -0.15) is 13.2 Å². The molecule has 206 valence electrons. The predicted octanol–water partition coefficient (Wildman–Crippen LogP) is 3.80. The molecule has 38 heavy (non-hydrogen) atoms. The van der Waals surface area contributed by atoms with Crippen LogP contribution < -0.4 is 16.1 Å². The molecule has 0 aliphatic carbocycles. The predicted molar refractivity (Wildman–Crippen MR) is 141 cm³/mol. The van der Waals surface area contributed by atoms with Gasteiger partial charge in [0.25, 0.3) is 5.56 Å². The smallest absolute Gasteiger partial charge is 0.416 e. The molecule has 0 spiro atoms. The van der Waals surface area contributed by atoms with Gasteiger partial charge < -0.3 is 9.64 Å². The number of carbonyl (C=O) groups is 1. The number of hydrogen-bond donors (Lipinski definition) is 0. The van der Waals surface area contributed by atoms with E-state index in [1.807, 2.05) is 4.90 Å². The van der Waals surface area contributed by atoms with Gasteiger partial charge in [0.2, 0.25) is 0 Å². The number of alkyl halides is 3. The van der Waals surface area contributed by atoms with Gasteiger partial charge >= 0.3 is 17.8 Å². The Bertz CT molecular complexity index is 1370. The van der Waals surface area contributed by atoms with Crippen LogP contribution in [-0.4, -0.2) is 59.8 Å². The van der Waals surface area contributed by atoms with E-state index in [0.29, 0.717) is 42.6 Å². The lowest BCUT2D eigenvalue weighted by Crippen LogP contribution is -2.46. The van der Waals surface area contributed by atoms with Crippen LogP contribution in [0.25, 0.3) is 10.9 Å². The van der Waals surface area contributed by atoms with Gasteiger partial charge in [-0.25, -0.2) is 4.79 Å². The van der Waals surface area contributed by atoms with E-state index in [1.165, 1.54) is 39.7 Å². The van der Waals surface area contributed by atoms with Crippen LogP contribution in [0.3, 0.4) is 0 Å². The summed E-state index contributed by atoms with van der Waals surface area (Å²) in [5, 5.41) is 3.94. The topological polar surface area (TPSA) is 76.8 Å². The Morgan fingerprint density at radius 2 is 1.71 bits per heavy atom. The summed E-state index contributed by atoms with van der Waals surface area (Å²) in [5.41, 5.74) is -0.245. The number of nitrogens with zero attached hydrogens (tertiary/aromatic N) is 4. The zero-order valence-electron chi connectivity index (χ0n) is 21.2. The monoisotopic (exact) mass is 552 g/mol. The van der Waals surface area contributed by atoms with E-state index in [0.717, 1.165) is 38.5 Å². The third-order valence-electron chi connectivity index (χ3n) is 6.90. The normalized spacial score (nSPS) is 14.8. The first-order valence-corrected chi connectivity index (χ1v) is 13.5. The van der Waals surface area contributed by atoms with Crippen molar-refractivity contribution in [3.8, 4) is 0 Å². The van der Waals surface area contributed by atoms with Crippen LogP contribution in [0.4, 0.5) is 18.9 Å². The van der Waals surface area contributed by atoms with E-state index in [-0.39, 0.29) is 18.5 Å². The number of esters is 1. The Morgan fingerprint density at radius 1 is 0.974 bits per heavy atom. The number of rotatable bonds is 10. The molecule has 0 amide bonds. The molecule has 0 bridgehead atoms. The molecule has 2 aromatic heterocycles. The minimum atomic E-state index is -4.35. The summed E-state index contributed by atoms with van der Waals surface area (Å²) in [5.74, 6) is -0.423. The van der Waals surface area contributed by atoms with E-state index in [4.69, 9.17) is 0 Å². The van der Waals surface area contributed by atoms with E-state index < -0.39 is 23.4 Å². The highest BCUT2D eigenvalue weighted by atomic mass is 32.1. The lowest BCUT2D eigenvalue weighted by atomic mass is 10.1. The third-order valence-corrected chi connectivity index (χ3v) is 7.63. The fourth-order valence-corrected chi connectivity index (χ4v) is 5.56. The maximum atomic E-state index is 13.0. The number of ether oxygens (including phenoxy) is 1. The summed E-state index contributed by atoms with van der Waals surface area (Å²) in [6.45, 7) is 4.12. The van der Waals surface area contributed by atoms with E-state index in [2.05, 4.69) is 9.64 Å². The second kappa shape index (κ2) is 12.2. The molecule has 4 rings (SSSR count). The lowest BCUT2D eigenvalue weighted by Gasteiger charge is -2.36. The Hall–Kier alpha value is -3.12. The fourth-order valence-electron chi connectivity index (χ4n) is 4.75. The summed E-state index contributed by atoms with van der Waals surface area (Å²) in [4.78, 5) is 41.8. The first kappa shape index (κ1) is 27.9. The highest BCUT2D eigenvalue weighted by molar-refractivity contribution is 7.09. The van der Waals surface area contributed by atoms with E-state index in [1.54, 1.807) is 16.8 Å². The van der Waals surface area contributed by atoms with Crippen LogP contribution in [-0.2, 0) is 28.8 Å². The van der Waals surface area contributed by atoms with Crippen molar-refractivity contribution in [1.29, 1.82) is 0 Å². The maximum Gasteiger partial charge on any atom is 0.416 e. The van der Waals surface area contributed by atoms with Crippen LogP contribution >= 0.6 is 11.3 Å². The standard InChI is InChI=1S/C26H31F3N4O4S/c1-37-23(34)8-11-32-22-18-38-17-21(22)24(35)33(25(32)36)10-4-2-3-9-30-12-14-31(15-13-30)20-7-5-6-19(16-20)26(27,28)29/h5-7,16-18H,2-4,8-15H2,1H3. The van der Waals surface area contributed by atoms with Gasteiger partial charge in [0.05, 0.1) is 30.0 Å². The Balaban J connectivity index is 1.27. The molecule has 0 N–H and O–H groups in total. The number of hydrogen-bond acceptors (Lipinski definition) is 7. The summed E-state index contributed by atoms with van der Waals surface area (Å²) in [7, 11) is 1.29. The first-order chi connectivity index (χ1) is 18.2. The number of methoxy groups -OCH3 is 1. The second-order valence-electron chi connectivity index (χ2n) is 9.33. The van der Waals surface area contributed by atoms with Gasteiger partial charge in [-0.05, 0) is 37.6 Å². The van der Waals surface area contributed by atoms with Crippen molar-refractivity contribution in [2.24, 2.45) is 0 Å². The first-order valence-electron chi connectivity index (χ1n) is 12.6. The molecule has 3 heterocycles. The van der Waals surface area contributed by atoms with Crippen LogP contribution in [0, 0.1) is 0 Å². The molecule has 12 heteroatoms. The lowest BCUT2D eigenvalue weighted by molar-refractivity contribution is -0.141. The molecule has 1 aromatic carbocycles. The largest absolute Gasteiger partial charge is 0.469 e. The number of benzene rings is 1. The Kier molecular flexibility index (Phi) is 8.93. The molecule has 0 saturated carbocycles. The van der Waals surface area contributed by atoms with E-state index in [9.17, 15) is 27.6 Å². The molecule has 1 fully saturated rings. The van der Waals surface area contributed by atoms with Gasteiger partial charge in [-0.1, -0.05) is 12.5 Å². The summed E-state index contributed by atoms with van der Waals surface area (Å²) < 4.78 is 46.5. The van der Waals surface area contributed by atoms with Gasteiger partial charge in [-0.15, -0.1) is 11.3 Å². The molecular weight excluding hydrogens is 521 g/mol. The molecule has 8 nitrogen and oxygen atoms in total. The van der Waals surface area contributed by atoms with Crippen molar-refractivity contribution in [3.05, 3.63) is 61.4 Å². The zero-order chi connectivity index (χ0) is 27.3. The average molecular weight is 553 g/mol. The van der Waals surface area contributed by atoms with Crippen molar-refractivity contribution in [2.45, 2.75) is 44.9 Å². The maximum absolute atomic E-state index is 13.0. The zero-order valence-corrected chi connectivity index (χ0v) is 22.0. The summed E-state index contributed by atoms with van der Waals surface area (Å²) in [6.07, 6.45) is -1.94. The van der Waals surface area contributed by atoms with Crippen LogP contribution in [0.1, 0.15) is 31.2 Å². The third kappa shape index (κ3) is 6.47. The minimum Gasteiger partial charge on any atom is -0.469 e. The molecule has 1 aliphatic heterocycles. The van der Waals surface area contributed by atoms with Crippen LogP contribution in [0.2, 0.25) is 0 Å². The van der Waals surface area contributed by atoms with Crippen molar-refractivity contribution in [1.82, 2.24) is 14.0 Å². The fraction of sp³-hybridized carbons (Fsp3) is 0.500. The molecule has 3 aromatic rings. The number of aromatic nitrogens is 2. The molecule has 1 aliphatic rings. The van der Waals surface area contributed by atoms with Gasteiger partial charge in [0.1, 0.15) is 0 Å². The van der Waals surface area contributed by atoms with Crippen molar-refractivity contribution >= 4 is 33.9 Å². The van der Waals surface area contributed by atoms with Crippen LogP contribution in [0.15, 0.2) is 44.6 Å². The highest BCUT2D eigenvalue weighted by Crippen LogP contribution is 2.31. The van der Waals surface area contributed by atoms with E-state index >= 15 is 0 Å². The number of fused-ring (bicyclic) bond motifs is 1.